The molecule has 3 aromatic carbocycles. The van der Waals surface area contributed by atoms with Crippen molar-refractivity contribution in [2.75, 3.05) is 25.6 Å². The molecule has 0 unspecified atom stereocenters. The van der Waals surface area contributed by atoms with E-state index in [0.717, 1.165) is 0 Å². The van der Waals surface area contributed by atoms with Crippen LogP contribution < -0.4 is 18.5 Å². The number of amides is 1. The number of hydrogen-bond donors (Lipinski definition) is 0. The number of sulfonamides is 1. The van der Waals surface area contributed by atoms with Gasteiger partial charge in [0.15, 0.2) is 11.5 Å². The van der Waals surface area contributed by atoms with Crippen LogP contribution in [0.3, 0.4) is 0 Å². The van der Waals surface area contributed by atoms with Gasteiger partial charge >= 0.3 is 0 Å². The molecule has 33 heavy (non-hydrogen) atoms. The Hall–Kier alpha value is -3.49. The van der Waals surface area contributed by atoms with Crippen LogP contribution >= 0.6 is 11.6 Å². The van der Waals surface area contributed by atoms with Gasteiger partial charge in [-0.15, -0.1) is 0 Å². The van der Waals surface area contributed by atoms with Gasteiger partial charge < -0.3 is 14.2 Å². The maximum atomic E-state index is 13.4. The molecule has 0 aliphatic heterocycles. The number of carbonyl (C=O) groups excluding carboxylic acids is 1. The second-order valence-electron chi connectivity index (χ2n) is 6.69. The van der Waals surface area contributed by atoms with Gasteiger partial charge in [-0.1, -0.05) is 35.9 Å². The zero-order valence-corrected chi connectivity index (χ0v) is 19.8. The number of hydrogen-bond acceptors (Lipinski definition) is 6. The molecular weight excluding hydrogens is 466 g/mol. The van der Waals surface area contributed by atoms with Gasteiger partial charge in [0.2, 0.25) is 0 Å². The molecule has 7 nitrogen and oxygen atoms in total. The first-order chi connectivity index (χ1) is 15.8. The van der Waals surface area contributed by atoms with Gasteiger partial charge in [-0.05, 0) is 54.1 Å². The molecular formula is C24H22ClNO6S. The number of anilines is 1. The highest BCUT2D eigenvalue weighted by Gasteiger charge is 2.30. The fourth-order valence-corrected chi connectivity index (χ4v) is 4.71. The van der Waals surface area contributed by atoms with E-state index in [4.69, 9.17) is 25.8 Å². The Morgan fingerprint density at radius 1 is 0.848 bits per heavy atom. The largest absolute Gasteiger partial charge is 0.495 e. The van der Waals surface area contributed by atoms with Gasteiger partial charge in [0, 0.05) is 6.08 Å². The summed E-state index contributed by atoms with van der Waals surface area (Å²) in [4.78, 5) is 13.2. The van der Waals surface area contributed by atoms with E-state index in [9.17, 15) is 13.2 Å². The summed E-state index contributed by atoms with van der Waals surface area (Å²) in [7, 11) is 0.227. The van der Waals surface area contributed by atoms with Gasteiger partial charge in [-0.25, -0.2) is 8.42 Å². The van der Waals surface area contributed by atoms with Gasteiger partial charge in [0.1, 0.15) is 5.75 Å². The molecule has 0 spiro atoms. The predicted octanol–water partition coefficient (Wildman–Crippen LogP) is 4.80. The maximum Gasteiger partial charge on any atom is 0.271 e. The van der Waals surface area contributed by atoms with E-state index in [2.05, 4.69) is 0 Å². The quantitative estimate of drug-likeness (QED) is 0.424. The molecule has 0 bridgehead atoms. The average Bonchev–Trinajstić information content (AvgIpc) is 2.83. The molecule has 9 heteroatoms. The third kappa shape index (κ3) is 5.30. The van der Waals surface area contributed by atoms with Crippen molar-refractivity contribution in [3.05, 3.63) is 83.4 Å². The zero-order chi connectivity index (χ0) is 24.0. The Morgan fingerprint density at radius 3 is 2.09 bits per heavy atom. The van der Waals surface area contributed by atoms with Crippen molar-refractivity contribution in [1.29, 1.82) is 0 Å². The van der Waals surface area contributed by atoms with Gasteiger partial charge in [-0.3, -0.25) is 4.79 Å². The highest BCUT2D eigenvalue weighted by molar-refractivity contribution is 7.93. The maximum absolute atomic E-state index is 13.4. The molecule has 0 heterocycles. The number of rotatable bonds is 8. The van der Waals surface area contributed by atoms with Crippen molar-refractivity contribution >= 4 is 39.3 Å². The standard InChI is InChI=1S/C24H22ClNO6S/c1-30-21-13-11-18(16-20(21)25)26(33(28,29)19-7-5-4-6-8-19)24(27)14-10-17-9-12-22(31-2)23(15-17)32-3/h4-16H,1-3H3/b14-10+. The summed E-state index contributed by atoms with van der Waals surface area (Å²) < 4.78 is 43.1. The Balaban J connectivity index is 2.05. The fourth-order valence-electron chi connectivity index (χ4n) is 3.06. The van der Waals surface area contributed by atoms with Crippen molar-refractivity contribution in [3.63, 3.8) is 0 Å². The van der Waals surface area contributed by atoms with E-state index >= 15 is 0 Å². The van der Waals surface area contributed by atoms with Crippen LogP contribution in [0.1, 0.15) is 5.56 Å². The Bertz CT molecular complexity index is 1280. The smallest absolute Gasteiger partial charge is 0.271 e. The van der Waals surface area contributed by atoms with E-state index in [0.29, 0.717) is 27.1 Å². The minimum Gasteiger partial charge on any atom is -0.495 e. The van der Waals surface area contributed by atoms with Gasteiger partial charge in [-0.2, -0.15) is 4.31 Å². The molecule has 1 amide bonds. The topological polar surface area (TPSA) is 82.1 Å². The molecule has 0 aliphatic carbocycles. The fraction of sp³-hybridized carbons (Fsp3) is 0.125. The highest BCUT2D eigenvalue weighted by Crippen LogP contribution is 2.32. The third-order valence-electron chi connectivity index (χ3n) is 4.68. The summed E-state index contributed by atoms with van der Waals surface area (Å²) in [6.45, 7) is 0. The minimum absolute atomic E-state index is 0.0372. The lowest BCUT2D eigenvalue weighted by molar-refractivity contribution is -0.113. The van der Waals surface area contributed by atoms with Crippen LogP contribution in [0.4, 0.5) is 5.69 Å². The Morgan fingerprint density at radius 2 is 1.48 bits per heavy atom. The van der Waals surface area contributed by atoms with Crippen molar-refractivity contribution in [2.45, 2.75) is 4.90 Å². The molecule has 0 radical (unpaired) electrons. The lowest BCUT2D eigenvalue weighted by Crippen LogP contribution is -2.35. The van der Waals surface area contributed by atoms with Gasteiger partial charge in [0.25, 0.3) is 15.9 Å². The van der Waals surface area contributed by atoms with Crippen LogP contribution in [0, 0.1) is 0 Å². The molecule has 0 fully saturated rings. The van der Waals surface area contributed by atoms with Crippen LogP contribution in [0.25, 0.3) is 6.08 Å². The van der Waals surface area contributed by atoms with Gasteiger partial charge in [0.05, 0.1) is 36.9 Å². The van der Waals surface area contributed by atoms with Crippen LogP contribution in [0.15, 0.2) is 77.7 Å². The summed E-state index contributed by atoms with van der Waals surface area (Å²) in [5.41, 5.74) is 0.692. The molecule has 172 valence electrons. The molecule has 0 aromatic heterocycles. The summed E-state index contributed by atoms with van der Waals surface area (Å²) in [5.74, 6) is 0.575. The molecule has 3 aromatic rings. The second-order valence-corrected chi connectivity index (χ2v) is 8.88. The average molecular weight is 488 g/mol. The summed E-state index contributed by atoms with van der Waals surface area (Å²) in [6.07, 6.45) is 2.66. The normalized spacial score (nSPS) is 11.3. The van der Waals surface area contributed by atoms with Crippen LogP contribution in [0.5, 0.6) is 17.2 Å². The third-order valence-corrected chi connectivity index (χ3v) is 6.71. The number of halogens is 1. The first-order valence-electron chi connectivity index (χ1n) is 9.69. The number of benzene rings is 3. The van der Waals surface area contributed by atoms with Crippen molar-refractivity contribution in [3.8, 4) is 17.2 Å². The van der Waals surface area contributed by atoms with E-state index in [1.807, 2.05) is 0 Å². The lowest BCUT2D eigenvalue weighted by Gasteiger charge is -2.22. The van der Waals surface area contributed by atoms with Crippen LogP contribution in [0.2, 0.25) is 5.02 Å². The minimum atomic E-state index is -4.23. The molecule has 0 saturated carbocycles. The summed E-state index contributed by atoms with van der Waals surface area (Å²) >= 11 is 6.21. The molecule has 0 saturated heterocycles. The summed E-state index contributed by atoms with van der Waals surface area (Å²) in [5, 5.41) is 0.167. The van der Waals surface area contributed by atoms with Crippen LogP contribution in [-0.4, -0.2) is 35.7 Å². The van der Waals surface area contributed by atoms with E-state index in [1.165, 1.54) is 63.8 Å². The second kappa shape index (κ2) is 10.4. The van der Waals surface area contributed by atoms with Crippen LogP contribution in [-0.2, 0) is 14.8 Å². The summed E-state index contributed by atoms with van der Waals surface area (Å²) in [6, 6.07) is 17.1. The Kier molecular flexibility index (Phi) is 7.63. The van der Waals surface area contributed by atoms with Crippen molar-refractivity contribution in [2.24, 2.45) is 0 Å². The highest BCUT2D eigenvalue weighted by atomic mass is 35.5. The molecule has 0 atom stereocenters. The Labute approximate surface area is 197 Å². The molecule has 3 rings (SSSR count). The first kappa shape index (κ1) is 24.2. The number of ether oxygens (including phenoxy) is 3. The van der Waals surface area contributed by atoms with Crippen molar-refractivity contribution in [1.82, 2.24) is 0 Å². The first-order valence-corrected chi connectivity index (χ1v) is 11.5. The predicted molar refractivity (Wildman–Crippen MR) is 128 cm³/mol. The number of methoxy groups -OCH3 is 3. The molecule has 0 aliphatic rings. The van der Waals surface area contributed by atoms with E-state index < -0.39 is 15.9 Å². The van der Waals surface area contributed by atoms with E-state index in [-0.39, 0.29) is 15.6 Å². The van der Waals surface area contributed by atoms with E-state index in [1.54, 1.807) is 36.4 Å². The SMILES string of the molecule is COc1ccc(N(C(=O)/C=C/c2ccc(OC)c(OC)c2)S(=O)(=O)c2ccccc2)cc1Cl. The van der Waals surface area contributed by atoms with Crippen molar-refractivity contribution < 1.29 is 27.4 Å². The zero-order valence-electron chi connectivity index (χ0n) is 18.2. The monoisotopic (exact) mass is 487 g/mol. The number of carbonyl (C=O) groups is 1. The lowest BCUT2D eigenvalue weighted by atomic mass is 10.2. The number of nitrogens with zero attached hydrogens (tertiary/aromatic N) is 1. The molecule has 0 N–H and O–H groups in total.